The van der Waals surface area contributed by atoms with Crippen LogP contribution in [0.1, 0.15) is 24.5 Å². The normalized spacial score (nSPS) is 35.2. The summed E-state index contributed by atoms with van der Waals surface area (Å²) in [4.78, 5) is 0. The molecule has 2 unspecified atom stereocenters. The molecule has 86 valence electrons. The van der Waals surface area contributed by atoms with Crippen molar-refractivity contribution < 1.29 is 9.47 Å². The predicted molar refractivity (Wildman–Crippen MR) is 62.9 cm³/mol. The van der Waals surface area contributed by atoms with Gasteiger partial charge >= 0.3 is 0 Å². The van der Waals surface area contributed by atoms with Gasteiger partial charge in [0, 0.05) is 24.5 Å². The maximum Gasteiger partial charge on any atom is 0.122 e. The molecule has 3 rings (SSSR count). The van der Waals surface area contributed by atoms with Crippen molar-refractivity contribution in [1.82, 2.24) is 0 Å². The van der Waals surface area contributed by atoms with E-state index < -0.39 is 0 Å². The Balaban J connectivity index is 2.06. The van der Waals surface area contributed by atoms with E-state index in [2.05, 4.69) is 19.1 Å². The minimum atomic E-state index is 0.0780. The number of ether oxygens (including phenoxy) is 2. The molecule has 0 saturated heterocycles. The predicted octanol–water partition coefficient (Wildman–Crippen LogP) is 2.59. The fraction of sp³-hybridized carbons (Fsp3) is 0.571. The molecule has 0 radical (unpaired) electrons. The lowest BCUT2D eigenvalue weighted by molar-refractivity contribution is 0.0393. The van der Waals surface area contributed by atoms with Gasteiger partial charge in [0.25, 0.3) is 0 Å². The van der Waals surface area contributed by atoms with Crippen LogP contribution in [0.3, 0.4) is 0 Å². The summed E-state index contributed by atoms with van der Waals surface area (Å²) in [6.45, 7) is 2.33. The van der Waals surface area contributed by atoms with Crippen LogP contribution in [0.4, 0.5) is 0 Å². The zero-order valence-electron chi connectivity index (χ0n) is 10.2. The summed E-state index contributed by atoms with van der Waals surface area (Å²) in [5.41, 5.74) is 3.21. The molecule has 1 saturated carbocycles. The smallest absolute Gasteiger partial charge is 0.122 e. The van der Waals surface area contributed by atoms with Crippen molar-refractivity contribution in [2.75, 3.05) is 14.2 Å². The minimum Gasteiger partial charge on any atom is -0.496 e. The molecule has 0 bridgehead atoms. The molecule has 0 aromatic heterocycles. The van der Waals surface area contributed by atoms with E-state index in [1.807, 2.05) is 13.2 Å². The van der Waals surface area contributed by atoms with Crippen molar-refractivity contribution in [3.05, 3.63) is 29.3 Å². The number of rotatable bonds is 2. The molecule has 1 aromatic carbocycles. The summed E-state index contributed by atoms with van der Waals surface area (Å²) in [7, 11) is 3.58. The van der Waals surface area contributed by atoms with E-state index in [1.165, 1.54) is 17.5 Å². The van der Waals surface area contributed by atoms with E-state index in [1.54, 1.807) is 7.11 Å². The molecule has 1 aromatic rings. The van der Waals surface area contributed by atoms with Gasteiger partial charge < -0.3 is 9.47 Å². The topological polar surface area (TPSA) is 18.5 Å². The molecule has 2 nitrogen and oxygen atoms in total. The summed E-state index contributed by atoms with van der Waals surface area (Å²) < 4.78 is 11.2. The molecule has 1 fully saturated rings. The fourth-order valence-corrected chi connectivity index (χ4v) is 3.35. The molecule has 0 aliphatic heterocycles. The van der Waals surface area contributed by atoms with Gasteiger partial charge in [-0.2, -0.15) is 0 Å². The first-order valence-electron chi connectivity index (χ1n) is 5.84. The summed E-state index contributed by atoms with van der Waals surface area (Å²) >= 11 is 0. The third-order valence-electron chi connectivity index (χ3n) is 4.53. The summed E-state index contributed by atoms with van der Waals surface area (Å²) in [6.07, 6.45) is 3.29. The fourth-order valence-electron chi connectivity index (χ4n) is 3.35. The van der Waals surface area contributed by atoms with Gasteiger partial charge in [-0.25, -0.2) is 0 Å². The van der Waals surface area contributed by atoms with Crippen molar-refractivity contribution in [2.24, 2.45) is 5.41 Å². The maximum absolute atomic E-state index is 5.76. The third kappa shape index (κ3) is 1.11. The molecular weight excluding hydrogens is 200 g/mol. The molecular formula is C14H18O2. The highest BCUT2D eigenvalue weighted by molar-refractivity contribution is 5.47. The molecule has 2 aliphatic carbocycles. The highest BCUT2D eigenvalue weighted by Crippen LogP contribution is 2.65. The first-order chi connectivity index (χ1) is 7.64. The van der Waals surface area contributed by atoms with Crippen molar-refractivity contribution >= 4 is 0 Å². The molecule has 0 amide bonds. The number of fused-ring (bicyclic) bond motifs is 2. The highest BCUT2D eigenvalue weighted by atomic mass is 16.5. The maximum atomic E-state index is 5.76. The van der Waals surface area contributed by atoms with Gasteiger partial charge in [-0.15, -0.1) is 0 Å². The Labute approximate surface area is 96.6 Å². The van der Waals surface area contributed by atoms with Crippen LogP contribution in [0, 0.1) is 5.41 Å². The quantitative estimate of drug-likeness (QED) is 0.759. The number of methoxy groups -OCH3 is 2. The van der Waals surface area contributed by atoms with E-state index in [0.717, 1.165) is 18.6 Å². The SMILES string of the molecule is COc1cccc2c1CC1(OC)CC1(C)C2. The number of hydrogen-bond donors (Lipinski definition) is 0. The van der Waals surface area contributed by atoms with Gasteiger partial charge in [0.2, 0.25) is 0 Å². The minimum absolute atomic E-state index is 0.0780. The lowest BCUT2D eigenvalue weighted by Gasteiger charge is -2.29. The Hall–Kier alpha value is -1.02. The lowest BCUT2D eigenvalue weighted by atomic mass is 9.82. The first kappa shape index (κ1) is 10.2. The molecule has 2 atom stereocenters. The van der Waals surface area contributed by atoms with Crippen molar-refractivity contribution in [2.45, 2.75) is 31.8 Å². The van der Waals surface area contributed by atoms with E-state index in [9.17, 15) is 0 Å². The number of hydrogen-bond acceptors (Lipinski definition) is 2. The van der Waals surface area contributed by atoms with E-state index in [0.29, 0.717) is 5.41 Å². The van der Waals surface area contributed by atoms with Crippen LogP contribution in [-0.2, 0) is 17.6 Å². The van der Waals surface area contributed by atoms with Crippen molar-refractivity contribution in [3.8, 4) is 5.75 Å². The Morgan fingerprint density at radius 3 is 2.69 bits per heavy atom. The molecule has 2 heteroatoms. The van der Waals surface area contributed by atoms with Crippen LogP contribution in [0.2, 0.25) is 0 Å². The van der Waals surface area contributed by atoms with Gasteiger partial charge in [-0.1, -0.05) is 19.1 Å². The van der Waals surface area contributed by atoms with Gasteiger partial charge in [0.1, 0.15) is 5.75 Å². The largest absolute Gasteiger partial charge is 0.496 e. The standard InChI is InChI=1S/C14H18O2/c1-13-7-10-5-4-6-12(15-2)11(10)8-14(13,9-13)16-3/h4-6H,7-9H2,1-3H3. The van der Waals surface area contributed by atoms with Crippen LogP contribution in [0.25, 0.3) is 0 Å². The summed E-state index contributed by atoms with van der Waals surface area (Å²) in [6, 6.07) is 6.36. The first-order valence-corrected chi connectivity index (χ1v) is 5.84. The highest BCUT2D eigenvalue weighted by Gasteiger charge is 2.66. The zero-order valence-corrected chi connectivity index (χ0v) is 10.2. The third-order valence-corrected chi connectivity index (χ3v) is 4.53. The molecule has 0 N–H and O–H groups in total. The molecule has 0 spiro atoms. The van der Waals surface area contributed by atoms with Gasteiger partial charge in [-0.05, 0) is 24.5 Å². The average molecular weight is 218 g/mol. The molecule has 0 heterocycles. The van der Waals surface area contributed by atoms with Crippen molar-refractivity contribution in [1.29, 1.82) is 0 Å². The average Bonchev–Trinajstić information content (AvgIpc) is 2.90. The lowest BCUT2D eigenvalue weighted by Crippen LogP contribution is -2.30. The van der Waals surface area contributed by atoms with E-state index in [4.69, 9.17) is 9.47 Å². The van der Waals surface area contributed by atoms with E-state index >= 15 is 0 Å². The Bertz CT molecular complexity index is 440. The molecule has 16 heavy (non-hydrogen) atoms. The van der Waals surface area contributed by atoms with Crippen molar-refractivity contribution in [3.63, 3.8) is 0 Å². The van der Waals surface area contributed by atoms with Gasteiger partial charge in [0.15, 0.2) is 0 Å². The van der Waals surface area contributed by atoms with Gasteiger partial charge in [-0.3, -0.25) is 0 Å². The summed E-state index contributed by atoms with van der Waals surface area (Å²) in [5.74, 6) is 1.02. The summed E-state index contributed by atoms with van der Waals surface area (Å²) in [5, 5.41) is 0. The monoisotopic (exact) mass is 218 g/mol. The van der Waals surface area contributed by atoms with Crippen LogP contribution in [0.15, 0.2) is 18.2 Å². The van der Waals surface area contributed by atoms with E-state index in [-0.39, 0.29) is 5.60 Å². The zero-order chi connectivity index (χ0) is 11.4. The second-order valence-electron chi connectivity index (χ2n) is 5.39. The Morgan fingerprint density at radius 2 is 2.00 bits per heavy atom. The number of benzene rings is 1. The van der Waals surface area contributed by atoms with Gasteiger partial charge in [0.05, 0.1) is 12.7 Å². The van der Waals surface area contributed by atoms with Crippen LogP contribution in [-0.4, -0.2) is 19.8 Å². The van der Waals surface area contributed by atoms with Crippen LogP contribution < -0.4 is 4.74 Å². The van der Waals surface area contributed by atoms with Crippen LogP contribution in [0.5, 0.6) is 5.75 Å². The van der Waals surface area contributed by atoms with Crippen LogP contribution >= 0.6 is 0 Å². The second-order valence-corrected chi connectivity index (χ2v) is 5.39. The Morgan fingerprint density at radius 1 is 1.19 bits per heavy atom. The Kier molecular flexibility index (Phi) is 1.91. The molecule has 2 aliphatic rings. The second kappa shape index (κ2) is 3.01.